The Morgan fingerprint density at radius 3 is 1.12 bits per heavy atom. The average molecular weight is 1750 g/mol. The highest BCUT2D eigenvalue weighted by molar-refractivity contribution is 5.55. The van der Waals surface area contributed by atoms with Crippen LogP contribution in [0.5, 0.6) is 17.4 Å². The molecule has 0 amide bonds. The fourth-order valence-corrected chi connectivity index (χ4v) is 30.6. The predicted octanol–water partition coefficient (Wildman–Crippen LogP) is 24.1. The Labute approximate surface area is 761 Å². The van der Waals surface area contributed by atoms with Gasteiger partial charge in [-0.2, -0.15) is 5.10 Å². The molecule has 8 heterocycles. The summed E-state index contributed by atoms with van der Waals surface area (Å²) in [7, 11) is 1.92. The monoisotopic (exact) mass is 1740 g/mol. The van der Waals surface area contributed by atoms with E-state index in [1.54, 1.807) is 35.5 Å². The number of aromatic nitrogens is 6. The summed E-state index contributed by atoms with van der Waals surface area (Å²) in [6, 6.07) is 7.67. The first-order valence-electron chi connectivity index (χ1n) is 50.6. The van der Waals surface area contributed by atoms with Crippen molar-refractivity contribution in [2.24, 2.45) is 121 Å². The lowest BCUT2D eigenvalue weighted by Gasteiger charge is -2.63. The van der Waals surface area contributed by atoms with Gasteiger partial charge in [0.1, 0.15) is 12.1 Å². The van der Waals surface area contributed by atoms with Gasteiger partial charge in [0.25, 0.3) is 0 Å². The molecule has 4 aromatic rings. The number of hydrogen-bond acceptors (Lipinski definition) is 17. The lowest BCUT2D eigenvalue weighted by molar-refractivity contribution is -0.316. The van der Waals surface area contributed by atoms with Crippen LogP contribution in [0.4, 0.5) is 5.69 Å². The molecule has 19 nitrogen and oxygen atoms in total. The second-order valence-corrected chi connectivity index (χ2v) is 44.8. The number of ether oxygens (including phenoxy) is 12. The number of rotatable bonds is 21. The second-order valence-electron chi connectivity index (χ2n) is 44.8. The normalized spacial score (nSPS) is 40.2. The van der Waals surface area contributed by atoms with Crippen LogP contribution < -0.4 is 14.2 Å². The van der Waals surface area contributed by atoms with Crippen LogP contribution in [0.25, 0.3) is 4.85 Å². The fraction of sp³-hybridized carbons (Fsp3) is 0.759. The van der Waals surface area contributed by atoms with Crippen LogP contribution in [0.2, 0.25) is 0 Å². The summed E-state index contributed by atoms with van der Waals surface area (Å²) < 4.78 is 78.5. The minimum atomic E-state index is 0.00897. The number of hydrogen-bond donors (Lipinski definition) is 0. The number of pyridine rings is 2. The van der Waals surface area contributed by atoms with Crippen molar-refractivity contribution in [2.45, 2.75) is 343 Å². The van der Waals surface area contributed by atoms with Crippen molar-refractivity contribution < 1.29 is 56.8 Å². The molecule has 24 atom stereocenters. The van der Waals surface area contributed by atoms with Crippen LogP contribution in [0.1, 0.15) is 292 Å². The molecule has 12 saturated carbocycles. The highest BCUT2D eigenvalue weighted by Gasteiger charge is 2.66. The molecule has 0 spiro atoms. The third-order valence-electron chi connectivity index (χ3n) is 37.5. The van der Waals surface area contributed by atoms with Crippen LogP contribution in [0.15, 0.2) is 123 Å². The zero-order valence-electron chi connectivity index (χ0n) is 79.2. The van der Waals surface area contributed by atoms with Gasteiger partial charge in [-0.1, -0.05) is 155 Å². The van der Waals surface area contributed by atoms with Gasteiger partial charge in [-0.15, -0.1) is 0 Å². The molecule has 4 unspecified atom stereocenters. The van der Waals surface area contributed by atoms with Crippen molar-refractivity contribution in [3.8, 4) is 17.4 Å². The molecule has 4 aliphatic heterocycles. The van der Waals surface area contributed by atoms with E-state index in [-0.39, 0.29) is 68.5 Å². The largest absolute Gasteiger partial charge is 0.504 e. The first-order valence-corrected chi connectivity index (χ1v) is 50.6. The predicted molar refractivity (Wildman–Crippen MR) is 494 cm³/mol. The highest BCUT2D eigenvalue weighted by Crippen LogP contribution is 2.69. The first kappa shape index (κ1) is 92.9. The third-order valence-corrected chi connectivity index (χ3v) is 37.5. The number of nitrogens with zero attached hydrogens (tertiary/aromatic N) is 7. The number of allylic oxidation sites excluding steroid dienone is 4. The van der Waals surface area contributed by atoms with Gasteiger partial charge in [0.15, 0.2) is 30.9 Å². The molecular weight excluding hydrogens is 1590 g/mol. The van der Waals surface area contributed by atoms with Crippen molar-refractivity contribution in [1.82, 2.24) is 29.7 Å². The van der Waals surface area contributed by atoms with Crippen LogP contribution >= 0.6 is 0 Å². The Kier molecular flexibility index (Phi) is 29.0. The first-order chi connectivity index (χ1) is 61.4. The lowest BCUT2D eigenvalue weighted by atomic mass is 9.46. The maximum Gasteiger partial charge on any atom is 0.245 e. The molecule has 12 aliphatic carbocycles. The maximum absolute atomic E-state index is 7.34. The molecule has 16 aliphatic rings. The number of fused-ring (bicyclic) bond motifs is 12. The van der Waals surface area contributed by atoms with Gasteiger partial charge in [-0.05, 0) is 273 Å². The molecule has 16 fully saturated rings. The summed E-state index contributed by atoms with van der Waals surface area (Å²) in [5, 5.41) is 4.21. The highest BCUT2D eigenvalue weighted by atomic mass is 16.7. The smallest absolute Gasteiger partial charge is 0.245 e. The van der Waals surface area contributed by atoms with Crippen LogP contribution in [0.3, 0.4) is 0 Å². The Hall–Kier alpha value is -5.92. The molecule has 4 aromatic heterocycles. The van der Waals surface area contributed by atoms with Crippen LogP contribution in [-0.2, 0) is 56.3 Å². The molecule has 19 heteroatoms. The zero-order chi connectivity index (χ0) is 88.4. The minimum Gasteiger partial charge on any atom is -0.504 e. The summed E-state index contributed by atoms with van der Waals surface area (Å²) in [5.74, 6) is 8.84. The van der Waals surface area contributed by atoms with E-state index in [0.717, 1.165) is 116 Å². The molecule has 20 rings (SSSR count). The topological polar surface area (TPSA) is 185 Å². The Balaban J connectivity index is 0.000000119. The summed E-state index contributed by atoms with van der Waals surface area (Å²) in [4.78, 5) is 19.8. The van der Waals surface area contributed by atoms with Crippen LogP contribution in [0, 0.1) is 121 Å². The summed E-state index contributed by atoms with van der Waals surface area (Å²) in [6.45, 7) is 52.0. The van der Waals surface area contributed by atoms with E-state index in [9.17, 15) is 0 Å². The van der Waals surface area contributed by atoms with E-state index < -0.39 is 0 Å². The van der Waals surface area contributed by atoms with Crippen molar-refractivity contribution >= 4 is 5.69 Å². The third kappa shape index (κ3) is 19.0. The standard InChI is InChI=1S/C28H38N2O3.C28H41NO3.C26H40N2O3.C26H38N2O3/c1-19-9-10-24-27(2,21(19)13-16-31-23-12-15-30-17-22(23)29-4)14-11-25-28(24,3)18-32-26(33-25)20-7-5-6-8-20;1-20-8-9-24-27(2,23(20)13-17-30-18-21-11-15-29-16-12-21)14-10-25-28(24,3)19-31-26(32-25)22-6-4-5-7-22;1-18-9-10-22-25(2,21(18)12-14-29-20-15-27-28(4)16-20)13-11-23-26(22,3)17-30-24(31-23)19-7-5-6-8-19;1-18-8-9-21-25(2,20(18)12-15-29-23-11-14-27-17-28-23)13-10-22-26(21,3)16-30-24(31-22)19-6-4-5-7-19/h12,15,17,20-21,24-26H,1,5-11,13-14,16,18H2,2-3H3;11-12,15-16,22-26H,1,4-10,13-14,17-19H2,2-3H3;15-16,19,21-24H,1,5-14,17H2,2-4H3;11,14,17,19-22,24H,1,4-10,12-13,15-16H2,2-3H3/t21-,24?,25-,26-,27+,28+;23-,24?,25-,26-,27+,28+;21-,22?,23-,24-,25+,26+;20-,21?,22-,24-,25+,26+/m1111/s1. The van der Waals surface area contributed by atoms with Gasteiger partial charge < -0.3 is 56.8 Å². The fourth-order valence-electron chi connectivity index (χ4n) is 30.6. The molecule has 4 saturated heterocycles. The molecular formula is C108H157N7O12. The zero-order valence-corrected chi connectivity index (χ0v) is 79.2. The van der Waals surface area contributed by atoms with Gasteiger partial charge >= 0.3 is 0 Å². The van der Waals surface area contributed by atoms with Crippen molar-refractivity contribution in [3.05, 3.63) is 140 Å². The van der Waals surface area contributed by atoms with Crippen molar-refractivity contribution in [2.75, 3.05) is 52.9 Å². The van der Waals surface area contributed by atoms with Crippen molar-refractivity contribution in [3.63, 3.8) is 0 Å². The minimum absolute atomic E-state index is 0.00897. The van der Waals surface area contributed by atoms with E-state index >= 15 is 0 Å². The van der Waals surface area contributed by atoms with Crippen molar-refractivity contribution in [1.29, 1.82) is 0 Å². The quantitative estimate of drug-likeness (QED) is 0.0435. The van der Waals surface area contributed by atoms with Gasteiger partial charge in [0.05, 0.1) is 96.2 Å². The molecule has 696 valence electrons. The van der Waals surface area contributed by atoms with E-state index in [1.165, 1.54) is 188 Å². The van der Waals surface area contributed by atoms with Gasteiger partial charge in [0.2, 0.25) is 11.6 Å². The summed E-state index contributed by atoms with van der Waals surface area (Å²) in [5.41, 5.74) is 8.53. The Morgan fingerprint density at radius 2 is 0.764 bits per heavy atom. The Morgan fingerprint density at radius 1 is 0.409 bits per heavy atom. The molecule has 0 bridgehead atoms. The summed E-state index contributed by atoms with van der Waals surface area (Å²) in [6.07, 6.45) is 58.7. The second kappa shape index (κ2) is 39.7. The van der Waals surface area contributed by atoms with Gasteiger partial charge in [-0.3, -0.25) is 14.6 Å². The van der Waals surface area contributed by atoms with E-state index in [4.69, 9.17) is 63.4 Å². The van der Waals surface area contributed by atoms with E-state index in [1.807, 2.05) is 43.8 Å². The van der Waals surface area contributed by atoms with Crippen LogP contribution in [-0.4, -0.2) is 132 Å². The lowest BCUT2D eigenvalue weighted by Crippen LogP contribution is -2.62. The number of aryl methyl sites for hydroxylation is 1. The SMILES string of the molecule is C=C1CCC2[C@]3(C)CO[C@@H](C4CCCC4)O[C@@H]3CC[C@@]2(C)[C@@H]1CCOCc1ccncc1.C=C1CCC2[C@]3(C)CO[C@@H](C4CCCC4)O[C@@H]3CC[C@@]2(C)[C@@H]1CCOc1ccncn1.C=C1CCC2[C@]3(C)CO[C@@H](C4CCCC4)O[C@@H]3CC[C@@]2(C)[C@@H]1CCOc1cnn(C)c1.[C-]#[N+]c1cnccc1OCC[C@@H]1C(=C)CCC2[C@]3(C)CO[C@@H](C4CCCC4)O[C@@H]3CC[C@]21C. The van der Waals surface area contributed by atoms with Gasteiger partial charge in [0, 0.05) is 96.0 Å². The molecule has 0 N–H and O–H groups in total. The van der Waals surface area contributed by atoms with E-state index in [0.29, 0.717) is 139 Å². The summed E-state index contributed by atoms with van der Waals surface area (Å²) >= 11 is 0. The molecule has 127 heavy (non-hydrogen) atoms. The molecule has 0 aromatic carbocycles. The molecule has 0 radical (unpaired) electrons. The Bertz CT molecular complexity index is 4380. The maximum atomic E-state index is 7.34. The van der Waals surface area contributed by atoms with Gasteiger partial charge in [-0.25, -0.2) is 14.8 Å². The van der Waals surface area contributed by atoms with E-state index in [2.05, 4.69) is 112 Å². The average Bonchev–Trinajstić information content (AvgIpc) is 0.802.